The molecule has 0 spiro atoms. The quantitative estimate of drug-likeness (QED) is 0.292. The molecule has 2 aliphatic heterocycles. The summed E-state index contributed by atoms with van der Waals surface area (Å²) in [6.45, 7) is 2.33. The van der Waals surface area contributed by atoms with Gasteiger partial charge in [-0.3, -0.25) is 14.4 Å². The molecule has 10 heteroatoms. The monoisotopic (exact) mass is 578 g/mol. The summed E-state index contributed by atoms with van der Waals surface area (Å²) in [5.41, 5.74) is 3.26. The molecule has 2 aliphatic rings. The molecule has 0 saturated carbocycles. The lowest BCUT2D eigenvalue weighted by molar-refractivity contribution is -0.122. The molecule has 2 amide bonds. The third-order valence-corrected chi connectivity index (χ3v) is 9.57. The number of hydrogen-bond acceptors (Lipinski definition) is 7. The number of fused-ring (bicyclic) bond motifs is 2. The van der Waals surface area contributed by atoms with Gasteiger partial charge in [-0.25, -0.2) is 4.90 Å². The number of thioether (sulfide) groups is 1. The topological polar surface area (TPSA) is 88.7 Å². The second kappa shape index (κ2) is 10.2. The summed E-state index contributed by atoms with van der Waals surface area (Å²) in [5, 5.41) is 0.348. The van der Waals surface area contributed by atoms with Crippen molar-refractivity contribution in [3.05, 3.63) is 103 Å². The number of anilines is 1. The number of carbonyl (C=O) groups is 2. The minimum atomic E-state index is -0.747. The molecule has 1 saturated heterocycles. The molecular weight excluding hydrogens is 556 g/mol. The van der Waals surface area contributed by atoms with Crippen LogP contribution in [0.15, 0.2) is 76.6 Å². The summed E-state index contributed by atoms with van der Waals surface area (Å²) in [7, 11) is 1.56. The number of H-pyrrole nitrogens is 1. The van der Waals surface area contributed by atoms with Crippen molar-refractivity contribution in [2.24, 2.45) is 5.92 Å². The van der Waals surface area contributed by atoms with Crippen LogP contribution < -0.4 is 19.2 Å². The Morgan fingerprint density at radius 2 is 1.79 bits per heavy atom. The van der Waals surface area contributed by atoms with Gasteiger partial charge in [0.2, 0.25) is 11.8 Å². The smallest absolute Gasteiger partial charge is 0.305 e. The summed E-state index contributed by atoms with van der Waals surface area (Å²) in [4.78, 5) is 44.7. The first-order chi connectivity index (χ1) is 18.8. The van der Waals surface area contributed by atoms with Crippen LogP contribution in [0.5, 0.6) is 11.5 Å². The van der Waals surface area contributed by atoms with Gasteiger partial charge in [-0.15, -0.1) is 0 Å². The SMILES string of the molecule is COc1ccc(N2C(=O)C3Sc4[nH]c(=O)sc4[C@H](c4cc(Cl)ccc4OCc4cccc(C)c4)C3C2=O)cc1. The molecule has 0 bridgehead atoms. The molecule has 1 aromatic heterocycles. The second-order valence-electron chi connectivity index (χ2n) is 9.42. The van der Waals surface area contributed by atoms with E-state index in [1.54, 1.807) is 49.6 Å². The van der Waals surface area contributed by atoms with Crippen LogP contribution >= 0.6 is 34.7 Å². The van der Waals surface area contributed by atoms with Gasteiger partial charge in [-0.05, 0) is 55.0 Å². The lowest BCUT2D eigenvalue weighted by Crippen LogP contribution is -2.32. The van der Waals surface area contributed by atoms with Crippen LogP contribution in [0.2, 0.25) is 5.02 Å². The van der Waals surface area contributed by atoms with Crippen molar-refractivity contribution >= 4 is 52.2 Å². The number of aryl methyl sites for hydroxylation is 1. The number of carbonyl (C=O) groups excluding carboxylic acids is 2. The molecule has 1 fully saturated rings. The average Bonchev–Trinajstić information content (AvgIpc) is 3.42. The molecule has 7 nitrogen and oxygen atoms in total. The van der Waals surface area contributed by atoms with Gasteiger partial charge in [0.25, 0.3) is 0 Å². The molecule has 198 valence electrons. The molecule has 6 rings (SSSR count). The number of nitrogens with zero attached hydrogens (tertiary/aromatic N) is 1. The summed E-state index contributed by atoms with van der Waals surface area (Å²) in [6, 6.07) is 20.1. The lowest BCUT2D eigenvalue weighted by Gasteiger charge is -2.31. The number of imide groups is 1. The molecular formula is C29H23ClN2O5S2. The number of halogens is 1. The predicted octanol–water partition coefficient (Wildman–Crippen LogP) is 5.78. The number of nitrogens with one attached hydrogen (secondary N) is 1. The Labute approximate surface area is 237 Å². The fourth-order valence-electron chi connectivity index (χ4n) is 5.19. The van der Waals surface area contributed by atoms with E-state index in [0.29, 0.717) is 44.3 Å². The van der Waals surface area contributed by atoms with Crippen molar-refractivity contribution < 1.29 is 19.1 Å². The van der Waals surface area contributed by atoms with E-state index in [0.717, 1.165) is 22.5 Å². The van der Waals surface area contributed by atoms with E-state index in [4.69, 9.17) is 21.1 Å². The summed E-state index contributed by atoms with van der Waals surface area (Å²) < 4.78 is 11.5. The van der Waals surface area contributed by atoms with Gasteiger partial charge in [-0.2, -0.15) is 0 Å². The van der Waals surface area contributed by atoms with Crippen LogP contribution in [-0.4, -0.2) is 29.2 Å². The Bertz CT molecular complexity index is 1650. The van der Waals surface area contributed by atoms with Gasteiger partial charge in [0.15, 0.2) is 0 Å². The third kappa shape index (κ3) is 4.64. The first-order valence-corrected chi connectivity index (χ1v) is 14.3. The maximum atomic E-state index is 14.0. The highest BCUT2D eigenvalue weighted by Crippen LogP contribution is 2.54. The number of thiazole rings is 1. The zero-order valence-electron chi connectivity index (χ0n) is 21.0. The number of hydrogen-bond donors (Lipinski definition) is 1. The molecule has 0 aliphatic carbocycles. The molecule has 0 radical (unpaired) electrons. The molecule has 3 heterocycles. The first kappa shape index (κ1) is 25.7. The van der Waals surface area contributed by atoms with E-state index in [9.17, 15) is 14.4 Å². The van der Waals surface area contributed by atoms with Crippen molar-refractivity contribution in [3.63, 3.8) is 0 Å². The molecule has 2 unspecified atom stereocenters. The van der Waals surface area contributed by atoms with E-state index in [1.165, 1.54) is 16.7 Å². The van der Waals surface area contributed by atoms with Gasteiger partial charge >= 0.3 is 4.87 Å². The maximum Gasteiger partial charge on any atom is 0.305 e. The fraction of sp³-hybridized carbons (Fsp3) is 0.207. The largest absolute Gasteiger partial charge is 0.497 e. The highest BCUT2D eigenvalue weighted by Gasteiger charge is 2.56. The van der Waals surface area contributed by atoms with Gasteiger partial charge in [0.1, 0.15) is 23.4 Å². The van der Waals surface area contributed by atoms with Crippen LogP contribution in [0, 0.1) is 12.8 Å². The van der Waals surface area contributed by atoms with Crippen molar-refractivity contribution in [1.82, 2.24) is 4.98 Å². The van der Waals surface area contributed by atoms with Gasteiger partial charge in [-0.1, -0.05) is 64.5 Å². The number of benzene rings is 3. The van der Waals surface area contributed by atoms with Gasteiger partial charge < -0.3 is 14.5 Å². The van der Waals surface area contributed by atoms with Crippen LogP contribution in [0.4, 0.5) is 5.69 Å². The Kier molecular flexibility index (Phi) is 6.74. The zero-order valence-corrected chi connectivity index (χ0v) is 23.4. The molecule has 3 aromatic carbocycles. The fourth-order valence-corrected chi connectivity index (χ4v) is 7.88. The normalized spacial score (nSPS) is 20.1. The molecule has 4 aromatic rings. The highest BCUT2D eigenvalue weighted by atomic mass is 35.5. The average molecular weight is 579 g/mol. The van der Waals surface area contributed by atoms with E-state index in [2.05, 4.69) is 4.98 Å². The van der Waals surface area contributed by atoms with Gasteiger partial charge in [0.05, 0.1) is 23.7 Å². The van der Waals surface area contributed by atoms with E-state index in [1.807, 2.05) is 31.2 Å². The van der Waals surface area contributed by atoms with Crippen molar-refractivity contribution in [2.75, 3.05) is 12.0 Å². The standard InChI is InChI=1S/C29H23ClN2O5S2/c1-15-4-3-5-16(12-15)14-37-21-11-6-17(30)13-20(21)22-23-25(38-26-24(22)39-29(35)31-26)28(34)32(27(23)33)18-7-9-19(36-2)10-8-18/h3-13,22-23,25H,14H2,1-2H3,(H,31,35)/t22-,23?,25?/m1/s1. The highest BCUT2D eigenvalue weighted by molar-refractivity contribution is 8.00. The van der Waals surface area contributed by atoms with E-state index >= 15 is 0 Å². The van der Waals surface area contributed by atoms with Crippen molar-refractivity contribution in [2.45, 2.75) is 29.7 Å². The number of aromatic nitrogens is 1. The minimum Gasteiger partial charge on any atom is -0.497 e. The molecule has 3 atom stereocenters. The zero-order chi connectivity index (χ0) is 27.3. The number of methoxy groups -OCH3 is 1. The third-order valence-electron chi connectivity index (χ3n) is 6.94. The van der Waals surface area contributed by atoms with E-state index in [-0.39, 0.29) is 16.7 Å². The van der Waals surface area contributed by atoms with Crippen LogP contribution in [0.25, 0.3) is 0 Å². The number of ether oxygens (including phenoxy) is 2. The van der Waals surface area contributed by atoms with Crippen molar-refractivity contribution in [1.29, 1.82) is 0 Å². The Balaban J connectivity index is 1.43. The summed E-state index contributed by atoms with van der Waals surface area (Å²) in [5.74, 6) is -0.830. The second-order valence-corrected chi connectivity index (χ2v) is 12.0. The summed E-state index contributed by atoms with van der Waals surface area (Å²) >= 11 is 8.75. The number of amides is 2. The first-order valence-electron chi connectivity index (χ1n) is 12.2. The van der Waals surface area contributed by atoms with Crippen molar-refractivity contribution in [3.8, 4) is 11.5 Å². The summed E-state index contributed by atoms with van der Waals surface area (Å²) in [6.07, 6.45) is 0. The van der Waals surface area contributed by atoms with Crippen LogP contribution in [0.1, 0.15) is 27.5 Å². The van der Waals surface area contributed by atoms with E-state index < -0.39 is 17.1 Å². The Morgan fingerprint density at radius 1 is 1.00 bits per heavy atom. The minimum absolute atomic E-state index is 0.242. The van der Waals surface area contributed by atoms with Crippen LogP contribution in [0.3, 0.4) is 0 Å². The number of aromatic amines is 1. The predicted molar refractivity (Wildman–Crippen MR) is 152 cm³/mol. The number of rotatable bonds is 6. The van der Waals surface area contributed by atoms with Crippen LogP contribution in [-0.2, 0) is 16.2 Å². The molecule has 39 heavy (non-hydrogen) atoms. The maximum absolute atomic E-state index is 14.0. The Hall–Kier alpha value is -3.53. The lowest BCUT2D eigenvalue weighted by atomic mass is 9.82. The molecule has 1 N–H and O–H groups in total. The Morgan fingerprint density at radius 3 is 2.54 bits per heavy atom. The van der Waals surface area contributed by atoms with Gasteiger partial charge in [0, 0.05) is 21.4 Å².